The summed E-state index contributed by atoms with van der Waals surface area (Å²) in [6.45, 7) is 1.98. The van der Waals surface area contributed by atoms with Gasteiger partial charge in [0.05, 0.1) is 21.3 Å². The molecule has 0 saturated carbocycles. The number of hydrogen-bond acceptors (Lipinski definition) is 4. The summed E-state index contributed by atoms with van der Waals surface area (Å²) < 4.78 is 13.3. The molecule has 2 aromatic carbocycles. The molecular weight excluding hydrogens is 403 g/mol. The van der Waals surface area contributed by atoms with E-state index in [0.717, 1.165) is 27.6 Å². The number of nitrogens with zero attached hydrogens (tertiary/aromatic N) is 2. The zero-order valence-corrected chi connectivity index (χ0v) is 16.9. The van der Waals surface area contributed by atoms with Gasteiger partial charge in [0.2, 0.25) is 5.91 Å². The normalized spacial score (nSPS) is 16.9. The van der Waals surface area contributed by atoms with E-state index in [4.69, 9.17) is 16.6 Å². The molecule has 4 rings (SSSR count). The van der Waals surface area contributed by atoms with Gasteiger partial charge in [-0.2, -0.15) is 0 Å². The maximum atomic E-state index is 13.3. The molecule has 27 heavy (non-hydrogen) atoms. The molecular formula is C20H16ClFN2OS2. The Morgan fingerprint density at radius 1 is 1.19 bits per heavy atom. The Hall–Kier alpha value is -1.89. The van der Waals surface area contributed by atoms with Gasteiger partial charge in [0.15, 0.2) is 0 Å². The van der Waals surface area contributed by atoms with Crippen molar-refractivity contribution >= 4 is 46.3 Å². The molecule has 3 aromatic rings. The minimum absolute atomic E-state index is 0.0312. The maximum absolute atomic E-state index is 13.3. The van der Waals surface area contributed by atoms with Gasteiger partial charge in [-0.05, 0) is 48.9 Å². The number of halogens is 2. The van der Waals surface area contributed by atoms with Crippen LogP contribution in [0.3, 0.4) is 0 Å². The lowest BCUT2D eigenvalue weighted by atomic mass is 10.2. The van der Waals surface area contributed by atoms with E-state index in [1.165, 1.54) is 12.1 Å². The molecule has 1 aromatic heterocycles. The van der Waals surface area contributed by atoms with Crippen LogP contribution in [0.25, 0.3) is 0 Å². The Morgan fingerprint density at radius 3 is 2.59 bits per heavy atom. The van der Waals surface area contributed by atoms with E-state index < -0.39 is 0 Å². The second-order valence-corrected chi connectivity index (χ2v) is 8.88. The third-order valence-electron chi connectivity index (χ3n) is 4.34. The van der Waals surface area contributed by atoms with Gasteiger partial charge in [-0.1, -0.05) is 23.7 Å². The Balaban J connectivity index is 1.62. The molecule has 1 fully saturated rings. The zero-order valence-electron chi connectivity index (χ0n) is 14.5. The summed E-state index contributed by atoms with van der Waals surface area (Å²) >= 11 is 9.16. The number of thioether (sulfide) groups is 1. The summed E-state index contributed by atoms with van der Waals surface area (Å²) in [4.78, 5) is 20.0. The van der Waals surface area contributed by atoms with Crippen molar-refractivity contribution in [1.82, 2.24) is 4.98 Å². The van der Waals surface area contributed by atoms with E-state index in [1.54, 1.807) is 40.1 Å². The molecule has 3 nitrogen and oxygen atoms in total. The number of carbonyl (C=O) groups is 1. The van der Waals surface area contributed by atoms with Gasteiger partial charge in [-0.25, -0.2) is 9.37 Å². The van der Waals surface area contributed by atoms with Crippen LogP contribution < -0.4 is 4.90 Å². The van der Waals surface area contributed by atoms with Crippen molar-refractivity contribution in [2.24, 2.45) is 0 Å². The number of carbonyl (C=O) groups excluding carboxylic acids is 1. The fourth-order valence-corrected chi connectivity index (χ4v) is 5.75. The summed E-state index contributed by atoms with van der Waals surface area (Å²) in [7, 11) is 0. The fraction of sp³-hybridized carbons (Fsp3) is 0.200. The number of aromatic nitrogens is 1. The van der Waals surface area contributed by atoms with E-state index >= 15 is 0 Å². The quantitative estimate of drug-likeness (QED) is 0.551. The van der Waals surface area contributed by atoms with Crippen molar-refractivity contribution in [1.29, 1.82) is 0 Å². The minimum atomic E-state index is -0.311. The third kappa shape index (κ3) is 3.88. The van der Waals surface area contributed by atoms with Crippen LogP contribution >= 0.6 is 34.7 Å². The summed E-state index contributed by atoms with van der Waals surface area (Å²) in [5.41, 5.74) is 2.79. The van der Waals surface area contributed by atoms with Gasteiger partial charge in [0.25, 0.3) is 0 Å². The highest BCUT2D eigenvalue weighted by molar-refractivity contribution is 8.01. The van der Waals surface area contributed by atoms with Crippen LogP contribution in [0.15, 0.2) is 48.5 Å². The van der Waals surface area contributed by atoms with E-state index in [-0.39, 0.29) is 17.1 Å². The predicted octanol–water partition coefficient (Wildman–Crippen LogP) is 5.61. The molecule has 0 aliphatic carbocycles. The summed E-state index contributed by atoms with van der Waals surface area (Å²) in [5, 5.41) is 1.59. The van der Waals surface area contributed by atoms with Crippen LogP contribution in [0, 0.1) is 12.7 Å². The van der Waals surface area contributed by atoms with Gasteiger partial charge in [-0.15, -0.1) is 23.1 Å². The summed E-state index contributed by atoms with van der Waals surface area (Å²) in [6.07, 6.45) is 0.727. The average Bonchev–Trinajstić information content (AvgIpc) is 3.20. The van der Waals surface area contributed by atoms with Gasteiger partial charge < -0.3 is 0 Å². The minimum Gasteiger partial charge on any atom is -0.294 e. The fourth-order valence-electron chi connectivity index (χ4n) is 3.05. The van der Waals surface area contributed by atoms with Crippen LogP contribution in [-0.2, 0) is 11.2 Å². The van der Waals surface area contributed by atoms with Gasteiger partial charge in [-0.3, -0.25) is 9.69 Å². The van der Waals surface area contributed by atoms with E-state index in [0.29, 0.717) is 16.5 Å². The molecule has 1 unspecified atom stereocenters. The first-order valence-electron chi connectivity index (χ1n) is 8.41. The molecule has 1 aliphatic heterocycles. The van der Waals surface area contributed by atoms with Crippen LogP contribution in [0.1, 0.15) is 26.5 Å². The van der Waals surface area contributed by atoms with Crippen molar-refractivity contribution < 1.29 is 9.18 Å². The van der Waals surface area contributed by atoms with Gasteiger partial charge >= 0.3 is 0 Å². The summed E-state index contributed by atoms with van der Waals surface area (Å²) in [5.74, 6) is 0.129. The third-order valence-corrected chi connectivity index (χ3v) is 7.13. The lowest BCUT2D eigenvalue weighted by Gasteiger charge is -2.23. The number of hydrogen-bond donors (Lipinski definition) is 0. The first kappa shape index (κ1) is 18.5. The first-order chi connectivity index (χ1) is 13.0. The molecule has 1 saturated heterocycles. The smallest absolute Gasteiger partial charge is 0.238 e. The Morgan fingerprint density at radius 2 is 1.89 bits per heavy atom. The van der Waals surface area contributed by atoms with Crippen molar-refractivity contribution in [3.63, 3.8) is 0 Å². The zero-order chi connectivity index (χ0) is 19.0. The number of anilines is 1. The van der Waals surface area contributed by atoms with E-state index in [9.17, 15) is 9.18 Å². The number of amides is 1. The highest BCUT2D eigenvalue weighted by atomic mass is 35.5. The molecule has 7 heteroatoms. The molecule has 1 amide bonds. The Labute approximate surface area is 170 Å². The topological polar surface area (TPSA) is 33.2 Å². The van der Waals surface area contributed by atoms with Crippen LogP contribution in [0.5, 0.6) is 0 Å². The van der Waals surface area contributed by atoms with E-state index in [1.807, 2.05) is 31.2 Å². The molecule has 1 atom stereocenters. The number of thiazole rings is 1. The molecule has 0 radical (unpaired) electrons. The van der Waals surface area contributed by atoms with Crippen molar-refractivity contribution in [2.75, 3.05) is 10.7 Å². The molecule has 0 spiro atoms. The van der Waals surface area contributed by atoms with Crippen molar-refractivity contribution in [3.05, 3.63) is 80.5 Å². The molecule has 0 bridgehead atoms. The first-order valence-corrected chi connectivity index (χ1v) is 10.7. The SMILES string of the molecule is Cc1nc(Cc2ccc(Cl)cc2)sc1C1SCC(=O)N1c1ccc(F)cc1. The lowest BCUT2D eigenvalue weighted by molar-refractivity contribution is -0.115. The largest absolute Gasteiger partial charge is 0.294 e. The molecule has 1 aliphatic rings. The monoisotopic (exact) mass is 418 g/mol. The van der Waals surface area contributed by atoms with Crippen LogP contribution in [-0.4, -0.2) is 16.6 Å². The van der Waals surface area contributed by atoms with Crippen molar-refractivity contribution in [3.8, 4) is 0 Å². The maximum Gasteiger partial charge on any atom is 0.238 e. The second kappa shape index (κ2) is 7.62. The van der Waals surface area contributed by atoms with Crippen LogP contribution in [0.4, 0.5) is 10.1 Å². The van der Waals surface area contributed by atoms with Crippen LogP contribution in [0.2, 0.25) is 5.02 Å². The Bertz CT molecular complexity index is 973. The number of benzene rings is 2. The average molecular weight is 419 g/mol. The summed E-state index contributed by atoms with van der Waals surface area (Å²) in [6, 6.07) is 13.8. The molecule has 2 heterocycles. The Kier molecular flexibility index (Phi) is 5.21. The second-order valence-electron chi connectivity index (χ2n) is 6.26. The number of aryl methyl sites for hydroxylation is 1. The molecule has 138 valence electrons. The lowest BCUT2D eigenvalue weighted by Crippen LogP contribution is -2.27. The standard InChI is InChI=1S/C20H16ClFN2OS2/c1-12-19(27-17(23-12)10-13-2-4-14(21)5-3-13)20-24(18(25)11-26-20)16-8-6-15(22)7-9-16/h2-9,20H,10-11H2,1H3. The van der Waals surface area contributed by atoms with Crippen molar-refractivity contribution in [2.45, 2.75) is 18.7 Å². The highest BCUT2D eigenvalue weighted by Gasteiger charge is 2.36. The molecule has 0 N–H and O–H groups in total. The predicted molar refractivity (Wildman–Crippen MR) is 110 cm³/mol. The highest BCUT2D eigenvalue weighted by Crippen LogP contribution is 2.45. The number of rotatable bonds is 4. The van der Waals surface area contributed by atoms with Gasteiger partial charge in [0, 0.05) is 17.1 Å². The van der Waals surface area contributed by atoms with E-state index in [2.05, 4.69) is 0 Å². The van der Waals surface area contributed by atoms with Gasteiger partial charge in [0.1, 0.15) is 11.2 Å².